The molecule has 2 heterocycles. The minimum absolute atomic E-state index is 0.117. The maximum atomic E-state index is 13.0. The number of aromatic nitrogens is 1. The number of methoxy groups -OCH3 is 1. The first kappa shape index (κ1) is 24.8. The number of rotatable bonds is 12. The fraction of sp³-hybridized carbons (Fsp3) is 0.682. The van der Waals surface area contributed by atoms with Crippen LogP contribution in [0.1, 0.15) is 51.0 Å². The largest absolute Gasteiger partial charge is 0.476 e. The normalized spacial score (nSPS) is 15.2. The van der Waals surface area contributed by atoms with Crippen LogP contribution in [0.5, 0.6) is 5.88 Å². The van der Waals surface area contributed by atoms with Gasteiger partial charge in [-0.3, -0.25) is 9.18 Å². The van der Waals surface area contributed by atoms with Gasteiger partial charge >= 0.3 is 5.97 Å². The molecular weight excluding hydrogens is 405 g/mol. The third-order valence-corrected chi connectivity index (χ3v) is 5.59. The van der Waals surface area contributed by atoms with Crippen molar-refractivity contribution in [1.29, 1.82) is 0 Å². The van der Waals surface area contributed by atoms with Crippen molar-refractivity contribution < 1.29 is 28.2 Å². The molecule has 1 unspecified atom stereocenters. The highest BCUT2D eigenvalue weighted by molar-refractivity contribution is 5.97. The van der Waals surface area contributed by atoms with Gasteiger partial charge in [-0.1, -0.05) is 20.8 Å². The van der Waals surface area contributed by atoms with E-state index >= 15 is 0 Å². The Hall–Kier alpha value is -2.42. The number of alkyl halides is 1. The maximum absolute atomic E-state index is 13.0. The highest BCUT2D eigenvalue weighted by Crippen LogP contribution is 2.31. The van der Waals surface area contributed by atoms with Gasteiger partial charge in [0.2, 0.25) is 5.88 Å². The smallest absolute Gasteiger partial charge is 0.331 e. The van der Waals surface area contributed by atoms with Crippen LogP contribution in [-0.2, 0) is 14.3 Å². The Morgan fingerprint density at radius 3 is 2.52 bits per heavy atom. The molecule has 1 amide bonds. The summed E-state index contributed by atoms with van der Waals surface area (Å²) >= 11 is 0. The third kappa shape index (κ3) is 5.84. The van der Waals surface area contributed by atoms with Crippen molar-refractivity contribution in [3.8, 4) is 5.88 Å². The summed E-state index contributed by atoms with van der Waals surface area (Å²) in [4.78, 5) is 31.9. The van der Waals surface area contributed by atoms with Crippen molar-refractivity contribution >= 4 is 17.6 Å². The number of ether oxygens (including phenoxy) is 3. The minimum atomic E-state index is -1.12. The first-order chi connectivity index (χ1) is 14.8. The number of halogens is 1. The minimum Gasteiger partial charge on any atom is -0.476 e. The number of pyridine rings is 1. The highest BCUT2D eigenvalue weighted by atomic mass is 19.1. The average Bonchev–Trinajstić information content (AvgIpc) is 2.75. The molecule has 174 valence electrons. The summed E-state index contributed by atoms with van der Waals surface area (Å²) in [6.45, 7) is 8.30. The van der Waals surface area contributed by atoms with Gasteiger partial charge in [0.05, 0.1) is 26.0 Å². The second kappa shape index (κ2) is 11.3. The fourth-order valence-electron chi connectivity index (χ4n) is 3.27. The lowest BCUT2D eigenvalue weighted by molar-refractivity contribution is -0.151. The molecule has 8 nitrogen and oxygen atoms in total. The molecule has 1 N–H and O–H groups in total. The summed E-state index contributed by atoms with van der Waals surface area (Å²) in [6, 6.07) is 3.35. The van der Waals surface area contributed by atoms with Crippen LogP contribution in [0.3, 0.4) is 0 Å². The second-order valence-corrected chi connectivity index (χ2v) is 7.82. The summed E-state index contributed by atoms with van der Waals surface area (Å²) in [5.41, 5.74) is -0.287. The van der Waals surface area contributed by atoms with E-state index in [9.17, 15) is 14.0 Å². The molecule has 2 rings (SSSR count). The van der Waals surface area contributed by atoms with Crippen LogP contribution < -0.4 is 15.0 Å². The maximum Gasteiger partial charge on any atom is 0.331 e. The number of hydrogen-bond donors (Lipinski definition) is 1. The van der Waals surface area contributed by atoms with Gasteiger partial charge in [-0.2, -0.15) is 0 Å². The Balaban J connectivity index is 2.26. The number of carbonyl (C=O) groups is 2. The SMILES string of the molecule is CCOC(=O)C(CC)(CC)NC(=O)c1ccc(N2CC(OC)C2)c(OCC(C)CF)n1. The van der Waals surface area contributed by atoms with Crippen molar-refractivity contribution in [3.05, 3.63) is 17.8 Å². The average molecular weight is 440 g/mol. The van der Waals surface area contributed by atoms with Crippen molar-refractivity contribution in [2.75, 3.05) is 45.0 Å². The summed E-state index contributed by atoms with van der Waals surface area (Å²) in [5, 5.41) is 2.80. The van der Waals surface area contributed by atoms with E-state index in [1.807, 2.05) is 18.7 Å². The van der Waals surface area contributed by atoms with Gasteiger partial charge in [-0.25, -0.2) is 9.78 Å². The van der Waals surface area contributed by atoms with Crippen LogP contribution in [0.2, 0.25) is 0 Å². The van der Waals surface area contributed by atoms with Gasteiger partial charge < -0.3 is 24.4 Å². The number of nitrogens with zero attached hydrogens (tertiary/aromatic N) is 2. The number of carbonyl (C=O) groups excluding carboxylic acids is 2. The summed E-state index contributed by atoms with van der Waals surface area (Å²) in [5.74, 6) is -1.00. The molecule has 1 saturated heterocycles. The molecule has 1 atom stereocenters. The molecule has 1 aliphatic rings. The van der Waals surface area contributed by atoms with E-state index in [-0.39, 0.29) is 36.8 Å². The topological polar surface area (TPSA) is 90.0 Å². The Bertz CT molecular complexity index is 751. The quantitative estimate of drug-likeness (QED) is 0.501. The molecule has 1 aromatic heterocycles. The van der Waals surface area contributed by atoms with Gasteiger partial charge in [-0.15, -0.1) is 0 Å². The Labute approximate surface area is 183 Å². The lowest BCUT2D eigenvalue weighted by Gasteiger charge is -2.40. The van der Waals surface area contributed by atoms with E-state index in [0.717, 1.165) is 5.69 Å². The van der Waals surface area contributed by atoms with E-state index in [0.29, 0.717) is 25.9 Å². The van der Waals surface area contributed by atoms with E-state index in [1.54, 1.807) is 33.1 Å². The van der Waals surface area contributed by atoms with Gasteiger partial charge in [0.25, 0.3) is 5.91 Å². The monoisotopic (exact) mass is 439 g/mol. The van der Waals surface area contributed by atoms with E-state index < -0.39 is 24.1 Å². The molecule has 0 aromatic carbocycles. The fourth-order valence-corrected chi connectivity index (χ4v) is 3.27. The van der Waals surface area contributed by atoms with Gasteiger partial charge in [0.15, 0.2) is 0 Å². The molecular formula is C22H34FN3O5. The predicted octanol–water partition coefficient (Wildman–Crippen LogP) is 2.75. The Kier molecular flexibility index (Phi) is 9.03. The summed E-state index contributed by atoms with van der Waals surface area (Å²) < 4.78 is 29.2. The zero-order chi connectivity index (χ0) is 23.0. The van der Waals surface area contributed by atoms with E-state index in [1.165, 1.54) is 0 Å². The molecule has 0 bridgehead atoms. The van der Waals surface area contributed by atoms with Crippen molar-refractivity contribution in [2.24, 2.45) is 5.92 Å². The molecule has 9 heteroatoms. The molecule has 0 spiro atoms. The lowest BCUT2D eigenvalue weighted by Crippen LogP contribution is -2.54. The van der Waals surface area contributed by atoms with Crippen LogP contribution in [0.15, 0.2) is 12.1 Å². The second-order valence-electron chi connectivity index (χ2n) is 7.82. The van der Waals surface area contributed by atoms with E-state index in [2.05, 4.69) is 10.3 Å². The van der Waals surface area contributed by atoms with E-state index in [4.69, 9.17) is 14.2 Å². The molecule has 0 saturated carbocycles. The zero-order valence-electron chi connectivity index (χ0n) is 19.1. The molecule has 0 radical (unpaired) electrons. The van der Waals surface area contributed by atoms with Crippen molar-refractivity contribution in [1.82, 2.24) is 10.3 Å². The number of anilines is 1. The summed E-state index contributed by atoms with van der Waals surface area (Å²) in [6.07, 6.45) is 0.894. The number of hydrogen-bond acceptors (Lipinski definition) is 7. The van der Waals surface area contributed by atoms with Crippen LogP contribution in [0.25, 0.3) is 0 Å². The van der Waals surface area contributed by atoms with Crippen LogP contribution >= 0.6 is 0 Å². The first-order valence-corrected chi connectivity index (χ1v) is 10.8. The van der Waals surface area contributed by atoms with Crippen LogP contribution in [0, 0.1) is 5.92 Å². The Morgan fingerprint density at radius 1 is 1.29 bits per heavy atom. The highest BCUT2D eigenvalue weighted by Gasteiger charge is 2.39. The standard InChI is InChI=1S/C22H34FN3O5/c1-6-22(7-2,21(28)30-8-3)25-19(27)17-9-10-18(26-12-16(13-26)29-5)20(24-17)31-14-15(4)11-23/h9-10,15-16H,6-8,11-14H2,1-5H3,(H,25,27). The van der Waals surface area contributed by atoms with Crippen molar-refractivity contribution in [3.63, 3.8) is 0 Å². The molecule has 1 aliphatic heterocycles. The lowest BCUT2D eigenvalue weighted by atomic mass is 9.92. The van der Waals surface area contributed by atoms with Crippen molar-refractivity contribution in [2.45, 2.75) is 52.2 Å². The van der Waals surface area contributed by atoms with Gasteiger partial charge in [0, 0.05) is 26.1 Å². The molecule has 1 aromatic rings. The molecule has 31 heavy (non-hydrogen) atoms. The van der Waals surface area contributed by atoms with Gasteiger partial charge in [0.1, 0.15) is 16.9 Å². The van der Waals surface area contributed by atoms with Crippen LogP contribution in [-0.4, -0.2) is 68.6 Å². The summed E-state index contributed by atoms with van der Waals surface area (Å²) in [7, 11) is 1.66. The number of esters is 1. The molecule has 0 aliphatic carbocycles. The van der Waals surface area contributed by atoms with Crippen LogP contribution in [0.4, 0.5) is 10.1 Å². The third-order valence-electron chi connectivity index (χ3n) is 5.59. The van der Waals surface area contributed by atoms with Gasteiger partial charge in [-0.05, 0) is 31.9 Å². The predicted molar refractivity (Wildman–Crippen MR) is 115 cm³/mol. The number of amides is 1. The zero-order valence-corrected chi connectivity index (χ0v) is 19.1. The number of nitrogens with one attached hydrogen (secondary N) is 1. The first-order valence-electron chi connectivity index (χ1n) is 10.8. The Morgan fingerprint density at radius 2 is 1.97 bits per heavy atom. The molecule has 1 fully saturated rings.